The number of nitrogens with one attached hydrogen (secondary N) is 1. The number of aryl methyl sites for hydroxylation is 2. The van der Waals surface area contributed by atoms with Crippen LogP contribution in [0.5, 0.6) is 0 Å². The predicted molar refractivity (Wildman–Crippen MR) is 93.5 cm³/mol. The van der Waals surface area contributed by atoms with Crippen LogP contribution in [0.3, 0.4) is 0 Å². The molecular weight excluding hydrogens is 318 g/mol. The Morgan fingerprint density at radius 2 is 2.00 bits per heavy atom. The number of hydrogen-bond acceptors (Lipinski definition) is 6. The molecule has 2 aromatic rings. The van der Waals surface area contributed by atoms with Gasteiger partial charge in [0.2, 0.25) is 11.9 Å². The second-order valence-electron chi connectivity index (χ2n) is 6.59. The van der Waals surface area contributed by atoms with Crippen molar-refractivity contribution in [2.75, 3.05) is 5.73 Å². The number of nitrogens with two attached hydrogens (primary N) is 1. The largest absolute Gasteiger partial charge is 0.393 e. The quantitative estimate of drug-likeness (QED) is 0.754. The highest BCUT2D eigenvalue weighted by atomic mass is 16.3. The Morgan fingerprint density at radius 1 is 1.32 bits per heavy atom. The molecule has 0 unspecified atom stereocenters. The van der Waals surface area contributed by atoms with Crippen LogP contribution >= 0.6 is 0 Å². The maximum atomic E-state index is 12.6. The van der Waals surface area contributed by atoms with Crippen molar-refractivity contribution >= 4 is 11.9 Å². The summed E-state index contributed by atoms with van der Waals surface area (Å²) in [5.41, 5.74) is 8.68. The molecule has 2 heterocycles. The molecule has 0 radical (unpaired) electrons. The number of aliphatic hydroxyl groups excluding tert-OH is 1. The molecule has 0 spiro atoms. The summed E-state index contributed by atoms with van der Waals surface area (Å²) in [5, 5.41) is 12.7. The van der Waals surface area contributed by atoms with Crippen LogP contribution in [-0.2, 0) is 11.2 Å². The van der Waals surface area contributed by atoms with Crippen molar-refractivity contribution in [1.29, 1.82) is 0 Å². The summed E-state index contributed by atoms with van der Waals surface area (Å²) in [6.45, 7) is 3.65. The molecule has 2 aromatic heterocycles. The molecule has 7 heteroatoms. The lowest BCUT2D eigenvalue weighted by Gasteiger charge is -2.37. The Bertz CT molecular complexity index is 736. The van der Waals surface area contributed by atoms with Crippen LogP contribution in [-0.4, -0.2) is 32.1 Å². The van der Waals surface area contributed by atoms with E-state index in [0.717, 1.165) is 11.3 Å². The highest BCUT2D eigenvalue weighted by molar-refractivity contribution is 5.79. The Morgan fingerprint density at radius 3 is 2.56 bits per heavy atom. The van der Waals surface area contributed by atoms with Gasteiger partial charge in [-0.2, -0.15) is 0 Å². The molecule has 132 valence electrons. The van der Waals surface area contributed by atoms with Gasteiger partial charge in [0.25, 0.3) is 0 Å². The molecule has 1 amide bonds. The molecule has 0 bridgehead atoms. The van der Waals surface area contributed by atoms with Crippen molar-refractivity contribution in [1.82, 2.24) is 20.3 Å². The van der Waals surface area contributed by atoms with Gasteiger partial charge in [0.1, 0.15) is 0 Å². The Balaban J connectivity index is 1.75. The lowest BCUT2D eigenvalue weighted by Crippen LogP contribution is -2.42. The smallest absolute Gasteiger partial charge is 0.225 e. The van der Waals surface area contributed by atoms with Crippen LogP contribution in [0.2, 0.25) is 0 Å². The predicted octanol–water partition coefficient (Wildman–Crippen LogP) is 1.24. The number of pyridine rings is 1. The van der Waals surface area contributed by atoms with Gasteiger partial charge in [-0.3, -0.25) is 9.78 Å². The number of carbonyl (C=O) groups is 1. The second-order valence-corrected chi connectivity index (χ2v) is 6.59. The van der Waals surface area contributed by atoms with Crippen molar-refractivity contribution in [2.24, 2.45) is 5.92 Å². The summed E-state index contributed by atoms with van der Waals surface area (Å²) in [7, 11) is 0. The van der Waals surface area contributed by atoms with Crippen LogP contribution in [0.15, 0.2) is 24.4 Å². The number of rotatable bonds is 5. The van der Waals surface area contributed by atoms with E-state index in [-0.39, 0.29) is 36.3 Å². The maximum Gasteiger partial charge on any atom is 0.225 e. The van der Waals surface area contributed by atoms with Crippen LogP contribution in [0, 0.1) is 19.8 Å². The van der Waals surface area contributed by atoms with Gasteiger partial charge < -0.3 is 16.2 Å². The standard InChI is InChI=1S/C18H23N5O2/c1-10-14(11(2)22-18(19)21-10)9-16(25)23-17(12-7-13(24)8-12)15-5-3-4-6-20-15/h3-6,12-13,17,24H,7-9H2,1-2H3,(H,23,25)(H2,19,21,22)/t12?,13?,17-/m1/s1. The van der Waals surface area contributed by atoms with E-state index < -0.39 is 0 Å². The Labute approximate surface area is 146 Å². The SMILES string of the molecule is Cc1nc(N)nc(C)c1CC(=O)N[C@@H](c1ccccn1)C1CC(O)C1. The summed E-state index contributed by atoms with van der Waals surface area (Å²) in [5.74, 6) is 0.296. The molecule has 0 saturated heterocycles. The molecule has 1 fully saturated rings. The second kappa shape index (κ2) is 7.14. The molecule has 1 aliphatic rings. The van der Waals surface area contributed by atoms with Gasteiger partial charge in [-0.15, -0.1) is 0 Å². The van der Waals surface area contributed by atoms with Gasteiger partial charge in [0.05, 0.1) is 24.3 Å². The summed E-state index contributed by atoms with van der Waals surface area (Å²) in [4.78, 5) is 25.3. The number of anilines is 1. The first-order valence-corrected chi connectivity index (χ1v) is 8.42. The van der Waals surface area contributed by atoms with Crippen molar-refractivity contribution in [2.45, 2.75) is 45.3 Å². The van der Waals surface area contributed by atoms with E-state index in [0.29, 0.717) is 24.2 Å². The molecule has 1 saturated carbocycles. The van der Waals surface area contributed by atoms with Gasteiger partial charge >= 0.3 is 0 Å². The first-order valence-electron chi connectivity index (χ1n) is 8.42. The number of nitrogen functional groups attached to an aromatic ring is 1. The topological polar surface area (TPSA) is 114 Å². The van der Waals surface area contributed by atoms with Crippen molar-refractivity contribution in [3.63, 3.8) is 0 Å². The molecule has 25 heavy (non-hydrogen) atoms. The van der Waals surface area contributed by atoms with Gasteiger partial charge in [-0.1, -0.05) is 6.07 Å². The van der Waals surface area contributed by atoms with Gasteiger partial charge in [0.15, 0.2) is 0 Å². The zero-order valence-corrected chi connectivity index (χ0v) is 14.4. The first kappa shape index (κ1) is 17.3. The molecule has 1 aliphatic carbocycles. The van der Waals surface area contributed by atoms with E-state index >= 15 is 0 Å². The van der Waals surface area contributed by atoms with E-state index in [4.69, 9.17) is 5.73 Å². The minimum Gasteiger partial charge on any atom is -0.393 e. The van der Waals surface area contributed by atoms with Crippen LogP contribution in [0.4, 0.5) is 5.95 Å². The van der Waals surface area contributed by atoms with E-state index in [1.165, 1.54) is 0 Å². The molecule has 0 aromatic carbocycles. The Hall–Kier alpha value is -2.54. The van der Waals surface area contributed by atoms with Crippen LogP contribution in [0.1, 0.15) is 41.5 Å². The van der Waals surface area contributed by atoms with Gasteiger partial charge in [-0.05, 0) is 44.7 Å². The van der Waals surface area contributed by atoms with Gasteiger partial charge in [-0.25, -0.2) is 9.97 Å². The molecule has 7 nitrogen and oxygen atoms in total. The average Bonchev–Trinajstić information content (AvgIpc) is 2.54. The molecule has 4 N–H and O–H groups in total. The van der Waals surface area contributed by atoms with E-state index in [2.05, 4.69) is 20.3 Å². The summed E-state index contributed by atoms with van der Waals surface area (Å²) < 4.78 is 0. The fraction of sp³-hybridized carbons (Fsp3) is 0.444. The van der Waals surface area contributed by atoms with E-state index in [1.807, 2.05) is 32.0 Å². The zero-order chi connectivity index (χ0) is 18.0. The van der Waals surface area contributed by atoms with E-state index in [9.17, 15) is 9.90 Å². The van der Waals surface area contributed by atoms with Crippen molar-refractivity contribution in [3.8, 4) is 0 Å². The zero-order valence-electron chi connectivity index (χ0n) is 14.4. The maximum absolute atomic E-state index is 12.6. The minimum atomic E-state index is -0.289. The van der Waals surface area contributed by atoms with Crippen LogP contribution < -0.4 is 11.1 Å². The average molecular weight is 341 g/mol. The Kier molecular flexibility index (Phi) is 4.94. The molecule has 3 rings (SSSR count). The van der Waals surface area contributed by atoms with Crippen molar-refractivity contribution < 1.29 is 9.90 Å². The number of aromatic nitrogens is 3. The summed E-state index contributed by atoms with van der Waals surface area (Å²) in [6.07, 6.45) is 2.96. The number of aliphatic hydroxyl groups is 1. The monoisotopic (exact) mass is 341 g/mol. The fourth-order valence-electron chi connectivity index (χ4n) is 3.30. The number of carbonyl (C=O) groups excluding carboxylic acids is 1. The highest BCUT2D eigenvalue weighted by Crippen LogP contribution is 2.37. The fourth-order valence-corrected chi connectivity index (χ4v) is 3.30. The lowest BCUT2D eigenvalue weighted by atomic mass is 9.76. The van der Waals surface area contributed by atoms with Crippen LogP contribution in [0.25, 0.3) is 0 Å². The highest BCUT2D eigenvalue weighted by Gasteiger charge is 2.36. The number of hydrogen-bond donors (Lipinski definition) is 3. The summed E-state index contributed by atoms with van der Waals surface area (Å²) in [6, 6.07) is 5.44. The van der Waals surface area contributed by atoms with Gasteiger partial charge in [0, 0.05) is 23.1 Å². The molecule has 1 atom stereocenters. The first-order chi connectivity index (χ1) is 11.9. The molecule has 0 aliphatic heterocycles. The van der Waals surface area contributed by atoms with E-state index in [1.54, 1.807) is 6.20 Å². The summed E-state index contributed by atoms with van der Waals surface area (Å²) >= 11 is 0. The lowest BCUT2D eigenvalue weighted by molar-refractivity contribution is -0.122. The molecular formula is C18H23N5O2. The number of amides is 1. The number of nitrogens with zero attached hydrogens (tertiary/aromatic N) is 3. The minimum absolute atomic E-state index is 0.114. The normalized spacial score (nSPS) is 20.6. The van der Waals surface area contributed by atoms with Crippen molar-refractivity contribution in [3.05, 3.63) is 47.0 Å². The third-order valence-corrected chi connectivity index (χ3v) is 4.72. The third-order valence-electron chi connectivity index (χ3n) is 4.72. The third kappa shape index (κ3) is 3.93.